The van der Waals surface area contributed by atoms with Crippen molar-refractivity contribution in [1.82, 2.24) is 20.0 Å². The van der Waals surface area contributed by atoms with Gasteiger partial charge in [0.15, 0.2) is 5.82 Å². The largest absolute Gasteiger partial charge is 0.417 e. The first-order valence-corrected chi connectivity index (χ1v) is 10.0. The number of aromatic nitrogens is 4. The van der Waals surface area contributed by atoms with Gasteiger partial charge < -0.3 is 5.32 Å². The summed E-state index contributed by atoms with van der Waals surface area (Å²) < 4.78 is 40.6. The van der Waals surface area contributed by atoms with E-state index in [0.717, 1.165) is 35.3 Å². The van der Waals surface area contributed by atoms with Crippen molar-refractivity contribution in [3.05, 3.63) is 58.4 Å². The number of benzene rings is 1. The first kappa shape index (κ1) is 22.1. The first-order chi connectivity index (χ1) is 14.0. The zero-order valence-electron chi connectivity index (χ0n) is 16.2. The summed E-state index contributed by atoms with van der Waals surface area (Å²) in [7, 11) is 0. The zero-order valence-corrected chi connectivity index (χ0v) is 17.7. The molecule has 1 aromatic carbocycles. The Bertz CT molecular complexity index is 1070. The van der Waals surface area contributed by atoms with E-state index in [9.17, 15) is 18.0 Å². The minimum atomic E-state index is -4.61. The molecule has 11 heteroatoms. The standard InChI is InChI=1S/C19H17ClF3N5OS/c1-10-8-11(2)28(27-10)16-6-7-17(26-25-16)30-12(3)18(29)24-13-4-5-15(20)14(9-13)19(21,22)23/h4-9,12H,1-3H3,(H,24,29). The molecule has 3 rings (SSSR count). The number of hydrogen-bond donors (Lipinski definition) is 1. The molecular formula is C19H17ClF3N5OS. The molecule has 2 heterocycles. The van der Waals surface area contributed by atoms with Crippen LogP contribution in [0.2, 0.25) is 5.02 Å². The molecule has 30 heavy (non-hydrogen) atoms. The molecule has 0 fully saturated rings. The molecule has 0 aliphatic carbocycles. The maximum absolute atomic E-state index is 13.0. The van der Waals surface area contributed by atoms with Crippen molar-refractivity contribution in [1.29, 1.82) is 0 Å². The summed E-state index contributed by atoms with van der Waals surface area (Å²) in [5.74, 6) is 0.0720. The van der Waals surface area contributed by atoms with E-state index >= 15 is 0 Å². The van der Waals surface area contributed by atoms with Crippen molar-refractivity contribution in [3.63, 3.8) is 0 Å². The Labute approximate surface area is 179 Å². The summed E-state index contributed by atoms with van der Waals surface area (Å²) in [5.41, 5.74) is 0.771. The van der Waals surface area contributed by atoms with Crippen molar-refractivity contribution < 1.29 is 18.0 Å². The molecule has 0 aliphatic heterocycles. The molecule has 3 aromatic rings. The normalized spacial score (nSPS) is 12.6. The summed E-state index contributed by atoms with van der Waals surface area (Å²) in [6, 6.07) is 8.57. The van der Waals surface area contributed by atoms with Gasteiger partial charge in [0.2, 0.25) is 5.91 Å². The number of nitrogens with one attached hydrogen (secondary N) is 1. The van der Waals surface area contributed by atoms with Crippen LogP contribution < -0.4 is 5.32 Å². The second-order valence-electron chi connectivity index (χ2n) is 6.51. The highest BCUT2D eigenvalue weighted by Crippen LogP contribution is 2.36. The van der Waals surface area contributed by atoms with E-state index in [2.05, 4.69) is 20.6 Å². The van der Waals surface area contributed by atoms with E-state index in [4.69, 9.17) is 11.6 Å². The van der Waals surface area contributed by atoms with E-state index in [1.165, 1.54) is 6.07 Å². The van der Waals surface area contributed by atoms with Crippen LogP contribution in [0, 0.1) is 13.8 Å². The highest BCUT2D eigenvalue weighted by atomic mass is 35.5. The number of halogens is 4. The van der Waals surface area contributed by atoms with Crippen LogP contribution in [0.15, 0.2) is 41.4 Å². The summed E-state index contributed by atoms with van der Waals surface area (Å²) in [5, 5.41) is 14.5. The molecule has 1 unspecified atom stereocenters. The lowest BCUT2D eigenvalue weighted by molar-refractivity contribution is -0.137. The molecule has 0 saturated heterocycles. The van der Waals surface area contributed by atoms with Gasteiger partial charge in [-0.05, 0) is 57.2 Å². The molecule has 0 radical (unpaired) electrons. The van der Waals surface area contributed by atoms with Gasteiger partial charge in [-0.3, -0.25) is 4.79 Å². The molecule has 158 valence electrons. The number of alkyl halides is 3. The monoisotopic (exact) mass is 455 g/mol. The van der Waals surface area contributed by atoms with E-state index < -0.39 is 27.9 Å². The highest BCUT2D eigenvalue weighted by Gasteiger charge is 2.33. The molecule has 1 amide bonds. The van der Waals surface area contributed by atoms with Crippen LogP contribution in [-0.2, 0) is 11.0 Å². The second-order valence-corrected chi connectivity index (χ2v) is 8.28. The first-order valence-electron chi connectivity index (χ1n) is 8.76. The Morgan fingerprint density at radius 3 is 2.47 bits per heavy atom. The summed E-state index contributed by atoms with van der Waals surface area (Å²) in [6.45, 7) is 5.40. The van der Waals surface area contributed by atoms with Gasteiger partial charge in [0.1, 0.15) is 5.03 Å². The van der Waals surface area contributed by atoms with Gasteiger partial charge in [-0.1, -0.05) is 23.4 Å². The van der Waals surface area contributed by atoms with Crippen LogP contribution >= 0.6 is 23.4 Å². The van der Waals surface area contributed by atoms with Crippen molar-refractivity contribution in [3.8, 4) is 5.82 Å². The quantitative estimate of drug-likeness (QED) is 0.544. The van der Waals surface area contributed by atoms with E-state index in [1.807, 2.05) is 19.9 Å². The van der Waals surface area contributed by atoms with Crippen LogP contribution in [-0.4, -0.2) is 31.1 Å². The Balaban J connectivity index is 1.67. The topological polar surface area (TPSA) is 72.7 Å². The van der Waals surface area contributed by atoms with E-state index in [-0.39, 0.29) is 5.69 Å². The predicted octanol–water partition coefficient (Wildman–Crippen LogP) is 5.07. The summed E-state index contributed by atoms with van der Waals surface area (Å²) in [4.78, 5) is 12.4. The number of anilines is 1. The second kappa shape index (κ2) is 8.65. The van der Waals surface area contributed by atoms with Crippen molar-refractivity contribution in [2.75, 3.05) is 5.32 Å². The van der Waals surface area contributed by atoms with Crippen molar-refractivity contribution >= 4 is 35.0 Å². The number of amides is 1. The maximum atomic E-state index is 13.0. The Morgan fingerprint density at radius 1 is 1.17 bits per heavy atom. The van der Waals surface area contributed by atoms with Crippen molar-refractivity contribution in [2.24, 2.45) is 0 Å². The lowest BCUT2D eigenvalue weighted by Gasteiger charge is -2.14. The van der Waals surface area contributed by atoms with Crippen LogP contribution in [0.25, 0.3) is 5.82 Å². The fourth-order valence-electron chi connectivity index (χ4n) is 2.65. The molecule has 0 saturated carbocycles. The predicted molar refractivity (Wildman–Crippen MR) is 109 cm³/mol. The lowest BCUT2D eigenvalue weighted by Crippen LogP contribution is -2.23. The average Bonchev–Trinajstić information content (AvgIpc) is 3.01. The van der Waals surface area contributed by atoms with Crippen LogP contribution in [0.5, 0.6) is 0 Å². The smallest absolute Gasteiger partial charge is 0.325 e. The fraction of sp³-hybridized carbons (Fsp3) is 0.263. The number of hydrogen-bond acceptors (Lipinski definition) is 5. The Hall–Kier alpha value is -2.59. The van der Waals surface area contributed by atoms with Gasteiger partial charge in [0.05, 0.1) is 21.5 Å². The van der Waals surface area contributed by atoms with Gasteiger partial charge in [-0.25, -0.2) is 4.68 Å². The van der Waals surface area contributed by atoms with Gasteiger partial charge in [-0.15, -0.1) is 10.2 Å². The SMILES string of the molecule is Cc1cc(C)n(-c2ccc(SC(C)C(=O)Nc3ccc(Cl)c(C(F)(F)F)c3)nn2)n1. The molecule has 0 spiro atoms. The van der Waals surface area contributed by atoms with Gasteiger partial charge >= 0.3 is 6.18 Å². The number of rotatable bonds is 5. The summed E-state index contributed by atoms with van der Waals surface area (Å²) >= 11 is 6.73. The van der Waals surface area contributed by atoms with E-state index in [0.29, 0.717) is 10.8 Å². The maximum Gasteiger partial charge on any atom is 0.417 e. The number of aryl methyl sites for hydroxylation is 2. The zero-order chi connectivity index (χ0) is 22.1. The number of thioether (sulfide) groups is 1. The van der Waals surface area contributed by atoms with Crippen LogP contribution in [0.3, 0.4) is 0 Å². The Morgan fingerprint density at radius 2 is 1.90 bits per heavy atom. The molecule has 1 atom stereocenters. The van der Waals surface area contributed by atoms with E-state index in [1.54, 1.807) is 23.7 Å². The van der Waals surface area contributed by atoms with Crippen LogP contribution in [0.4, 0.5) is 18.9 Å². The van der Waals surface area contributed by atoms with Crippen LogP contribution in [0.1, 0.15) is 23.9 Å². The lowest BCUT2D eigenvalue weighted by atomic mass is 10.2. The minimum absolute atomic E-state index is 0.00938. The molecule has 0 bridgehead atoms. The molecular weight excluding hydrogens is 439 g/mol. The summed E-state index contributed by atoms with van der Waals surface area (Å²) in [6.07, 6.45) is -4.61. The molecule has 1 N–H and O–H groups in total. The molecule has 0 aliphatic rings. The number of carbonyl (C=O) groups excluding carboxylic acids is 1. The van der Waals surface area contributed by atoms with Crippen molar-refractivity contribution in [2.45, 2.75) is 37.2 Å². The molecule has 2 aromatic heterocycles. The number of carbonyl (C=O) groups is 1. The highest BCUT2D eigenvalue weighted by molar-refractivity contribution is 8.00. The third-order valence-corrected chi connectivity index (χ3v) is 5.42. The third-order valence-electron chi connectivity index (χ3n) is 4.06. The third kappa shape index (κ3) is 5.11. The molecule has 6 nitrogen and oxygen atoms in total. The average molecular weight is 456 g/mol. The fourth-order valence-corrected chi connectivity index (χ4v) is 3.64. The van der Waals surface area contributed by atoms with Gasteiger partial charge in [0.25, 0.3) is 0 Å². The van der Waals surface area contributed by atoms with Gasteiger partial charge in [-0.2, -0.15) is 18.3 Å². The Kier molecular flexibility index (Phi) is 6.37. The minimum Gasteiger partial charge on any atom is -0.325 e. The number of nitrogens with zero attached hydrogens (tertiary/aromatic N) is 4. The van der Waals surface area contributed by atoms with Gasteiger partial charge in [0, 0.05) is 11.4 Å².